The molecule has 0 amide bonds. The van der Waals surface area contributed by atoms with Crippen molar-refractivity contribution in [3.8, 4) is 0 Å². The van der Waals surface area contributed by atoms with Crippen LogP contribution in [0.4, 0.5) is 5.82 Å². The van der Waals surface area contributed by atoms with E-state index in [9.17, 15) is 0 Å². The zero-order valence-corrected chi connectivity index (χ0v) is 8.60. The number of rotatable bonds is 3. The van der Waals surface area contributed by atoms with Crippen LogP contribution in [0.25, 0.3) is 0 Å². The first-order chi connectivity index (χ1) is 6.77. The maximum atomic E-state index is 5.59. The fourth-order valence-corrected chi connectivity index (χ4v) is 1.74. The maximum Gasteiger partial charge on any atom is 0.144 e. The molecular weight excluding hydrogens is 180 g/mol. The molecule has 1 aliphatic heterocycles. The first-order valence-corrected chi connectivity index (χ1v) is 5.00. The van der Waals surface area contributed by atoms with Gasteiger partial charge < -0.3 is 10.1 Å². The molecule has 1 aliphatic rings. The van der Waals surface area contributed by atoms with Crippen molar-refractivity contribution in [2.45, 2.75) is 31.9 Å². The molecule has 1 saturated heterocycles. The lowest BCUT2D eigenvalue weighted by Gasteiger charge is -2.20. The van der Waals surface area contributed by atoms with Crippen molar-refractivity contribution in [1.82, 2.24) is 15.0 Å². The molecule has 0 aliphatic carbocycles. The minimum atomic E-state index is 0.315. The van der Waals surface area contributed by atoms with Crippen LogP contribution >= 0.6 is 0 Å². The quantitative estimate of drug-likeness (QED) is 0.776. The molecule has 78 valence electrons. The summed E-state index contributed by atoms with van der Waals surface area (Å²) < 4.78 is 7.32. The molecule has 0 aromatic carbocycles. The Morgan fingerprint density at radius 1 is 1.71 bits per heavy atom. The molecule has 14 heavy (non-hydrogen) atoms. The van der Waals surface area contributed by atoms with Crippen LogP contribution in [-0.4, -0.2) is 33.7 Å². The van der Waals surface area contributed by atoms with E-state index in [0.29, 0.717) is 12.1 Å². The average molecular weight is 196 g/mol. The largest absolute Gasteiger partial charge is 0.376 e. The lowest BCUT2D eigenvalue weighted by atomic mass is 10.1. The van der Waals surface area contributed by atoms with Gasteiger partial charge in [-0.15, -0.1) is 5.10 Å². The van der Waals surface area contributed by atoms with Crippen molar-refractivity contribution in [2.75, 3.05) is 11.9 Å². The highest BCUT2D eigenvalue weighted by Crippen LogP contribution is 2.18. The molecule has 1 aromatic rings. The van der Waals surface area contributed by atoms with E-state index in [4.69, 9.17) is 4.74 Å². The third-order valence-electron chi connectivity index (χ3n) is 2.61. The number of aryl methyl sites for hydroxylation is 1. The van der Waals surface area contributed by atoms with Gasteiger partial charge in [-0.05, 0) is 19.8 Å². The molecule has 0 radical (unpaired) electrons. The van der Waals surface area contributed by atoms with E-state index in [-0.39, 0.29) is 0 Å². The molecular formula is C9H16N4O. The molecule has 2 rings (SSSR count). The van der Waals surface area contributed by atoms with Crippen molar-refractivity contribution in [3.05, 3.63) is 6.20 Å². The van der Waals surface area contributed by atoms with Gasteiger partial charge in [0.1, 0.15) is 5.82 Å². The molecule has 5 nitrogen and oxygen atoms in total. The third kappa shape index (κ3) is 1.87. The molecule has 1 aromatic heterocycles. The van der Waals surface area contributed by atoms with Crippen LogP contribution in [0.2, 0.25) is 0 Å². The molecule has 2 heterocycles. The third-order valence-corrected chi connectivity index (χ3v) is 2.61. The van der Waals surface area contributed by atoms with Crippen molar-refractivity contribution < 1.29 is 4.74 Å². The highest BCUT2D eigenvalue weighted by atomic mass is 16.5. The Kier molecular flexibility index (Phi) is 2.67. The predicted octanol–water partition coefficient (Wildman–Crippen LogP) is 0.794. The Morgan fingerprint density at radius 3 is 3.14 bits per heavy atom. The van der Waals surface area contributed by atoms with Gasteiger partial charge in [0.05, 0.1) is 18.3 Å². The summed E-state index contributed by atoms with van der Waals surface area (Å²) in [4.78, 5) is 0. The summed E-state index contributed by atoms with van der Waals surface area (Å²) in [6, 6.07) is 0.315. The molecule has 0 saturated carbocycles. The van der Waals surface area contributed by atoms with Crippen LogP contribution in [-0.2, 0) is 11.8 Å². The molecule has 1 fully saturated rings. The van der Waals surface area contributed by atoms with Gasteiger partial charge in [-0.25, -0.2) is 4.68 Å². The van der Waals surface area contributed by atoms with Crippen LogP contribution in [0.1, 0.15) is 19.8 Å². The van der Waals surface area contributed by atoms with Crippen molar-refractivity contribution >= 4 is 5.82 Å². The summed E-state index contributed by atoms with van der Waals surface area (Å²) in [6.07, 6.45) is 4.36. The summed E-state index contributed by atoms with van der Waals surface area (Å²) in [5.41, 5.74) is 0. The van der Waals surface area contributed by atoms with Crippen LogP contribution < -0.4 is 5.32 Å². The van der Waals surface area contributed by atoms with Crippen LogP contribution in [0.3, 0.4) is 0 Å². The van der Waals surface area contributed by atoms with Crippen molar-refractivity contribution in [3.63, 3.8) is 0 Å². The maximum absolute atomic E-state index is 5.59. The Labute approximate surface area is 83.4 Å². The van der Waals surface area contributed by atoms with Crippen molar-refractivity contribution in [2.24, 2.45) is 7.05 Å². The average Bonchev–Trinajstić information content (AvgIpc) is 2.77. The smallest absolute Gasteiger partial charge is 0.144 e. The van der Waals surface area contributed by atoms with E-state index in [0.717, 1.165) is 18.8 Å². The van der Waals surface area contributed by atoms with Gasteiger partial charge in [-0.1, -0.05) is 5.21 Å². The number of hydrogen-bond acceptors (Lipinski definition) is 4. The second-order valence-corrected chi connectivity index (χ2v) is 3.73. The predicted molar refractivity (Wildman–Crippen MR) is 53.1 cm³/mol. The number of anilines is 1. The number of hydrogen-bond donors (Lipinski definition) is 1. The normalized spacial score (nSPS) is 23.7. The second kappa shape index (κ2) is 3.96. The number of ether oxygens (including phenoxy) is 1. The first-order valence-electron chi connectivity index (χ1n) is 5.00. The number of nitrogens with zero attached hydrogens (tertiary/aromatic N) is 3. The minimum absolute atomic E-state index is 0.315. The second-order valence-electron chi connectivity index (χ2n) is 3.73. The van der Waals surface area contributed by atoms with Gasteiger partial charge in [0.15, 0.2) is 0 Å². The molecule has 1 N–H and O–H groups in total. The van der Waals surface area contributed by atoms with Gasteiger partial charge in [-0.2, -0.15) is 0 Å². The van der Waals surface area contributed by atoms with E-state index in [2.05, 4.69) is 22.6 Å². The van der Waals surface area contributed by atoms with E-state index in [1.54, 1.807) is 10.9 Å². The van der Waals surface area contributed by atoms with E-state index >= 15 is 0 Å². The van der Waals surface area contributed by atoms with Gasteiger partial charge in [-0.3, -0.25) is 0 Å². The highest BCUT2D eigenvalue weighted by Gasteiger charge is 2.22. The Bertz CT molecular complexity index is 293. The summed E-state index contributed by atoms with van der Waals surface area (Å²) in [7, 11) is 1.87. The highest BCUT2D eigenvalue weighted by molar-refractivity contribution is 5.32. The number of aromatic nitrogens is 3. The Morgan fingerprint density at radius 2 is 2.57 bits per heavy atom. The standard InChI is InChI=1S/C9H16N4O/c1-7(8-4-3-5-14-8)11-9-6-10-12-13(9)2/h6-8,11H,3-5H2,1-2H3. The fourth-order valence-electron chi connectivity index (χ4n) is 1.74. The van der Waals surface area contributed by atoms with E-state index in [1.165, 1.54) is 6.42 Å². The lowest BCUT2D eigenvalue weighted by Crippen LogP contribution is -2.30. The summed E-state index contributed by atoms with van der Waals surface area (Å²) in [5, 5.41) is 11.0. The van der Waals surface area contributed by atoms with Gasteiger partial charge in [0.25, 0.3) is 0 Å². The molecule has 0 bridgehead atoms. The molecule has 5 heteroatoms. The monoisotopic (exact) mass is 196 g/mol. The topological polar surface area (TPSA) is 52.0 Å². The van der Waals surface area contributed by atoms with E-state index in [1.807, 2.05) is 7.05 Å². The molecule has 2 unspecified atom stereocenters. The number of nitrogens with one attached hydrogen (secondary N) is 1. The van der Waals surface area contributed by atoms with E-state index < -0.39 is 0 Å². The Balaban J connectivity index is 1.93. The molecule has 2 atom stereocenters. The minimum Gasteiger partial charge on any atom is -0.376 e. The zero-order valence-electron chi connectivity index (χ0n) is 8.60. The Hall–Kier alpha value is -1.10. The first kappa shape index (κ1) is 9.45. The van der Waals surface area contributed by atoms with Gasteiger partial charge in [0, 0.05) is 13.7 Å². The SMILES string of the molecule is CC(Nc1cnnn1C)C1CCCO1. The molecule has 0 spiro atoms. The van der Waals surface area contributed by atoms with Crippen LogP contribution in [0.5, 0.6) is 0 Å². The zero-order chi connectivity index (χ0) is 9.97. The van der Waals surface area contributed by atoms with Gasteiger partial charge >= 0.3 is 0 Å². The van der Waals surface area contributed by atoms with Gasteiger partial charge in [0.2, 0.25) is 0 Å². The summed E-state index contributed by atoms with van der Waals surface area (Å²) in [6.45, 7) is 3.02. The van der Waals surface area contributed by atoms with Crippen LogP contribution in [0, 0.1) is 0 Å². The van der Waals surface area contributed by atoms with Crippen molar-refractivity contribution in [1.29, 1.82) is 0 Å². The summed E-state index contributed by atoms with van der Waals surface area (Å²) in [5.74, 6) is 0.938. The summed E-state index contributed by atoms with van der Waals surface area (Å²) >= 11 is 0. The van der Waals surface area contributed by atoms with Crippen LogP contribution in [0.15, 0.2) is 6.20 Å². The fraction of sp³-hybridized carbons (Fsp3) is 0.778. The lowest BCUT2D eigenvalue weighted by molar-refractivity contribution is 0.0995.